The molecule has 1 aromatic carbocycles. The smallest absolute Gasteiger partial charge is 0.194 e. The van der Waals surface area contributed by atoms with Crippen molar-refractivity contribution in [3.63, 3.8) is 0 Å². The maximum atomic E-state index is 11.8. The average Bonchev–Trinajstić information content (AvgIpc) is 3.12. The maximum Gasteiger partial charge on any atom is 0.194 e. The van der Waals surface area contributed by atoms with E-state index in [9.17, 15) is 9.90 Å². The van der Waals surface area contributed by atoms with Crippen LogP contribution in [0.2, 0.25) is 0 Å². The first-order valence-electron chi connectivity index (χ1n) is 5.72. The maximum absolute atomic E-state index is 11.8. The molecule has 1 aromatic rings. The fourth-order valence-corrected chi connectivity index (χ4v) is 1.76. The van der Waals surface area contributed by atoms with Crippen molar-refractivity contribution >= 4 is 11.6 Å². The molecule has 1 radical (unpaired) electrons. The van der Waals surface area contributed by atoms with Gasteiger partial charge in [0.1, 0.15) is 5.84 Å². The number of rotatable bonds is 5. The van der Waals surface area contributed by atoms with Gasteiger partial charge >= 0.3 is 0 Å². The second kappa shape index (κ2) is 4.67. The molecule has 4 heteroatoms. The number of hydrogen-bond acceptors (Lipinski definition) is 2. The van der Waals surface area contributed by atoms with E-state index >= 15 is 0 Å². The van der Waals surface area contributed by atoms with E-state index in [0.717, 1.165) is 12.8 Å². The Bertz CT molecular complexity index is 435. The van der Waals surface area contributed by atoms with E-state index in [-0.39, 0.29) is 11.6 Å². The standard InChI is InChI=1S/C13H15N2O2/c14-13(15)10-5-3-9(4-6-10)12(17)11(16)7-8-1-2-8/h3-6,8,11H,1-2,7H2,(H3,14,15). The fraction of sp³-hybridized carbons (Fsp3) is 0.385. The molecule has 1 atom stereocenters. The van der Waals surface area contributed by atoms with Gasteiger partial charge in [-0.05, 0) is 12.3 Å². The number of carbonyl (C=O) groups is 1. The summed E-state index contributed by atoms with van der Waals surface area (Å²) >= 11 is 0. The summed E-state index contributed by atoms with van der Waals surface area (Å²) in [6, 6.07) is 6.33. The summed E-state index contributed by atoms with van der Waals surface area (Å²) in [5, 5.41) is 18.9. The number of Topliss-reactive ketones (excluding diaryl/α,β-unsaturated/α-hetero) is 1. The van der Waals surface area contributed by atoms with Crippen LogP contribution in [0.15, 0.2) is 24.3 Å². The fourth-order valence-electron chi connectivity index (χ4n) is 1.76. The Morgan fingerprint density at radius 1 is 1.29 bits per heavy atom. The van der Waals surface area contributed by atoms with Crippen molar-refractivity contribution in [1.29, 1.82) is 5.41 Å². The van der Waals surface area contributed by atoms with E-state index in [0.29, 0.717) is 23.5 Å². The minimum absolute atomic E-state index is 0.0411. The van der Waals surface area contributed by atoms with Gasteiger partial charge in [0.15, 0.2) is 11.9 Å². The van der Waals surface area contributed by atoms with Gasteiger partial charge in [-0.15, -0.1) is 0 Å². The molecule has 1 aliphatic carbocycles. The van der Waals surface area contributed by atoms with Crippen molar-refractivity contribution in [3.8, 4) is 0 Å². The van der Waals surface area contributed by atoms with Crippen molar-refractivity contribution in [2.75, 3.05) is 0 Å². The highest BCUT2D eigenvalue weighted by molar-refractivity contribution is 6.01. The summed E-state index contributed by atoms with van der Waals surface area (Å²) in [6.07, 6.45) is 1.46. The molecule has 0 amide bonds. The molecule has 2 rings (SSSR count). The first-order valence-corrected chi connectivity index (χ1v) is 5.72. The highest BCUT2D eigenvalue weighted by atomic mass is 16.3. The zero-order valence-corrected chi connectivity index (χ0v) is 9.48. The molecule has 0 heterocycles. The topological polar surface area (TPSA) is 86.8 Å². The van der Waals surface area contributed by atoms with Gasteiger partial charge in [0.2, 0.25) is 0 Å². The minimum Gasteiger partial charge on any atom is -0.384 e. The molecule has 1 unspecified atom stereocenters. The van der Waals surface area contributed by atoms with Crippen LogP contribution in [0.5, 0.6) is 0 Å². The Morgan fingerprint density at radius 2 is 1.82 bits per heavy atom. The van der Waals surface area contributed by atoms with E-state index in [4.69, 9.17) is 11.1 Å². The molecule has 0 aliphatic heterocycles. The SMILES string of the molecule is N=C(N)c1ccc(C(=O)C([O])CC2CC2)cc1. The lowest BCUT2D eigenvalue weighted by Gasteiger charge is -2.07. The van der Waals surface area contributed by atoms with Gasteiger partial charge in [0.05, 0.1) is 0 Å². The molecule has 0 aromatic heterocycles. The van der Waals surface area contributed by atoms with E-state index < -0.39 is 6.10 Å². The second-order valence-electron chi connectivity index (χ2n) is 4.52. The molecular formula is C13H15N2O2. The number of hydrogen-bond donors (Lipinski definition) is 2. The zero-order chi connectivity index (χ0) is 12.4. The van der Waals surface area contributed by atoms with Crippen LogP contribution in [0, 0.1) is 11.3 Å². The third-order valence-corrected chi connectivity index (χ3v) is 3.02. The Hall–Kier alpha value is -1.68. The highest BCUT2D eigenvalue weighted by Gasteiger charge is 2.29. The first-order chi connectivity index (χ1) is 8.08. The lowest BCUT2D eigenvalue weighted by Crippen LogP contribution is -2.20. The van der Waals surface area contributed by atoms with E-state index in [2.05, 4.69) is 0 Å². The van der Waals surface area contributed by atoms with E-state index in [1.165, 1.54) is 0 Å². The van der Waals surface area contributed by atoms with Crippen LogP contribution in [-0.4, -0.2) is 17.7 Å². The summed E-state index contributed by atoms with van der Waals surface area (Å²) in [5.41, 5.74) is 6.28. The van der Waals surface area contributed by atoms with Crippen molar-refractivity contribution in [2.45, 2.75) is 25.4 Å². The first kappa shape index (κ1) is 11.8. The third-order valence-electron chi connectivity index (χ3n) is 3.02. The second-order valence-corrected chi connectivity index (χ2v) is 4.52. The Kier molecular flexibility index (Phi) is 3.24. The number of nitrogens with two attached hydrogens (primary N) is 1. The molecule has 1 saturated carbocycles. The summed E-state index contributed by atoms with van der Waals surface area (Å²) in [6.45, 7) is 0. The van der Waals surface area contributed by atoms with Crippen LogP contribution in [0.25, 0.3) is 0 Å². The van der Waals surface area contributed by atoms with Crippen LogP contribution in [-0.2, 0) is 5.11 Å². The quantitative estimate of drug-likeness (QED) is 0.459. The Morgan fingerprint density at radius 3 is 2.29 bits per heavy atom. The summed E-state index contributed by atoms with van der Waals surface area (Å²) in [4.78, 5) is 11.8. The molecule has 4 nitrogen and oxygen atoms in total. The molecule has 17 heavy (non-hydrogen) atoms. The van der Waals surface area contributed by atoms with Gasteiger partial charge in [-0.3, -0.25) is 10.2 Å². The number of carbonyl (C=O) groups excluding carboxylic acids is 1. The van der Waals surface area contributed by atoms with Crippen LogP contribution < -0.4 is 5.73 Å². The van der Waals surface area contributed by atoms with Gasteiger partial charge in [0.25, 0.3) is 0 Å². The lowest BCUT2D eigenvalue weighted by molar-refractivity contribution is 0.0498. The van der Waals surface area contributed by atoms with Gasteiger partial charge in [-0.1, -0.05) is 37.1 Å². The van der Waals surface area contributed by atoms with Crippen molar-refractivity contribution in [3.05, 3.63) is 35.4 Å². The van der Waals surface area contributed by atoms with Gasteiger partial charge in [-0.25, -0.2) is 5.11 Å². The largest absolute Gasteiger partial charge is 0.384 e. The predicted molar refractivity (Wildman–Crippen MR) is 63.6 cm³/mol. The number of nitrogens with one attached hydrogen (secondary N) is 1. The van der Waals surface area contributed by atoms with Crippen LogP contribution in [0.4, 0.5) is 0 Å². The number of ketones is 1. The summed E-state index contributed by atoms with van der Waals surface area (Å²) < 4.78 is 0. The average molecular weight is 231 g/mol. The molecule has 3 N–H and O–H groups in total. The molecule has 89 valence electrons. The predicted octanol–water partition coefficient (Wildman–Crippen LogP) is 1.75. The number of benzene rings is 1. The van der Waals surface area contributed by atoms with Crippen LogP contribution in [0.3, 0.4) is 0 Å². The molecular weight excluding hydrogens is 216 g/mol. The summed E-state index contributed by atoms with van der Waals surface area (Å²) in [7, 11) is 0. The van der Waals surface area contributed by atoms with E-state index in [1.807, 2.05) is 0 Å². The van der Waals surface area contributed by atoms with Crippen molar-refractivity contribution in [1.82, 2.24) is 0 Å². The van der Waals surface area contributed by atoms with E-state index in [1.54, 1.807) is 24.3 Å². The minimum atomic E-state index is -1.15. The van der Waals surface area contributed by atoms with Gasteiger partial charge in [0, 0.05) is 11.1 Å². The molecule has 0 bridgehead atoms. The lowest BCUT2D eigenvalue weighted by atomic mass is 10.0. The van der Waals surface area contributed by atoms with Gasteiger partial charge < -0.3 is 5.73 Å². The molecule has 1 fully saturated rings. The number of nitrogen functional groups attached to an aromatic ring is 1. The zero-order valence-electron chi connectivity index (χ0n) is 9.48. The third kappa shape index (κ3) is 2.91. The monoisotopic (exact) mass is 231 g/mol. The van der Waals surface area contributed by atoms with Crippen LogP contribution >= 0.6 is 0 Å². The number of amidine groups is 1. The van der Waals surface area contributed by atoms with Crippen molar-refractivity contribution in [2.24, 2.45) is 11.7 Å². The van der Waals surface area contributed by atoms with Gasteiger partial charge in [-0.2, -0.15) is 0 Å². The Balaban J connectivity index is 2.05. The normalized spacial score (nSPS) is 16.5. The highest BCUT2D eigenvalue weighted by Crippen LogP contribution is 2.34. The summed E-state index contributed by atoms with van der Waals surface area (Å²) in [5.74, 6) is 0.0607. The van der Waals surface area contributed by atoms with Crippen molar-refractivity contribution < 1.29 is 9.90 Å². The molecule has 1 aliphatic rings. The molecule has 0 spiro atoms. The van der Waals surface area contributed by atoms with Crippen LogP contribution in [0.1, 0.15) is 35.2 Å². The molecule has 0 saturated heterocycles. The Labute approximate surface area is 100.0 Å².